The van der Waals surface area contributed by atoms with Crippen LogP contribution in [-0.2, 0) is 0 Å². The number of benzene rings is 1. The van der Waals surface area contributed by atoms with Crippen molar-refractivity contribution in [1.29, 1.82) is 0 Å². The highest BCUT2D eigenvalue weighted by Crippen LogP contribution is 2.22. The molecule has 0 bridgehead atoms. The second-order valence-corrected chi connectivity index (χ2v) is 4.66. The number of rotatable bonds is 8. The summed E-state index contributed by atoms with van der Waals surface area (Å²) in [7, 11) is 0. The highest BCUT2D eigenvalue weighted by Gasteiger charge is 2.11. The van der Waals surface area contributed by atoms with Gasteiger partial charge in [-0.25, -0.2) is 0 Å². The van der Waals surface area contributed by atoms with Gasteiger partial charge in [-0.05, 0) is 25.0 Å². The fraction of sp³-hybridized carbons (Fsp3) is 0.571. The van der Waals surface area contributed by atoms with Crippen molar-refractivity contribution in [1.82, 2.24) is 5.32 Å². The Morgan fingerprint density at radius 1 is 1.16 bits per heavy atom. The first kappa shape index (κ1) is 15.9. The van der Waals surface area contributed by atoms with Crippen molar-refractivity contribution in [2.24, 2.45) is 0 Å². The molecule has 0 amide bonds. The van der Waals surface area contributed by atoms with E-state index < -0.39 is 12.1 Å². The van der Waals surface area contributed by atoms with Gasteiger partial charge in [0, 0.05) is 6.54 Å². The molecule has 5 heteroatoms. The van der Waals surface area contributed by atoms with Gasteiger partial charge in [0.1, 0.15) is 18.5 Å². The van der Waals surface area contributed by atoms with E-state index in [0.29, 0.717) is 0 Å². The van der Waals surface area contributed by atoms with E-state index in [0.717, 1.165) is 16.9 Å². The van der Waals surface area contributed by atoms with Crippen LogP contribution in [0.3, 0.4) is 0 Å². The molecule has 0 heterocycles. The van der Waals surface area contributed by atoms with Gasteiger partial charge in [0.15, 0.2) is 0 Å². The van der Waals surface area contributed by atoms with Gasteiger partial charge < -0.3 is 25.4 Å². The summed E-state index contributed by atoms with van der Waals surface area (Å²) in [5.41, 5.74) is 2.06. The summed E-state index contributed by atoms with van der Waals surface area (Å²) < 4.78 is 5.61. The van der Waals surface area contributed by atoms with E-state index in [1.165, 1.54) is 0 Å². The van der Waals surface area contributed by atoms with Gasteiger partial charge >= 0.3 is 0 Å². The van der Waals surface area contributed by atoms with E-state index in [9.17, 15) is 5.11 Å². The largest absolute Gasteiger partial charge is 0.490 e. The third-order valence-corrected chi connectivity index (χ3v) is 2.91. The summed E-state index contributed by atoms with van der Waals surface area (Å²) >= 11 is 0. The minimum Gasteiger partial charge on any atom is -0.490 e. The third kappa shape index (κ3) is 5.16. The third-order valence-electron chi connectivity index (χ3n) is 2.91. The molecule has 0 fully saturated rings. The zero-order valence-corrected chi connectivity index (χ0v) is 11.5. The number of ether oxygens (including phenoxy) is 1. The number of para-hydroxylation sites is 1. The summed E-state index contributed by atoms with van der Waals surface area (Å²) in [5, 5.41) is 30.4. The second-order valence-electron chi connectivity index (χ2n) is 4.66. The first-order chi connectivity index (χ1) is 9.08. The van der Waals surface area contributed by atoms with E-state index >= 15 is 0 Å². The van der Waals surface area contributed by atoms with Gasteiger partial charge in [-0.15, -0.1) is 0 Å². The molecular weight excluding hydrogens is 246 g/mol. The van der Waals surface area contributed by atoms with Crippen LogP contribution in [-0.4, -0.2) is 53.8 Å². The zero-order valence-electron chi connectivity index (χ0n) is 11.5. The van der Waals surface area contributed by atoms with Gasteiger partial charge in [-0.3, -0.25) is 0 Å². The van der Waals surface area contributed by atoms with Crippen molar-refractivity contribution in [2.75, 3.05) is 26.4 Å². The molecule has 5 nitrogen and oxygen atoms in total. The summed E-state index contributed by atoms with van der Waals surface area (Å²) in [6, 6.07) is 5.47. The Balaban J connectivity index is 2.40. The Labute approximate surface area is 113 Å². The Morgan fingerprint density at radius 2 is 1.74 bits per heavy atom. The molecule has 4 N–H and O–H groups in total. The number of hydrogen-bond donors (Lipinski definition) is 4. The molecule has 1 rings (SSSR count). The van der Waals surface area contributed by atoms with Gasteiger partial charge in [0.05, 0.1) is 19.3 Å². The molecule has 0 radical (unpaired) electrons. The number of nitrogens with one attached hydrogen (secondary N) is 1. The monoisotopic (exact) mass is 269 g/mol. The molecule has 1 unspecified atom stereocenters. The van der Waals surface area contributed by atoms with E-state index in [-0.39, 0.29) is 26.4 Å². The number of aliphatic hydroxyl groups excluding tert-OH is 3. The van der Waals surface area contributed by atoms with Gasteiger partial charge in [-0.2, -0.15) is 0 Å². The molecule has 0 aliphatic rings. The topological polar surface area (TPSA) is 82.0 Å². The van der Waals surface area contributed by atoms with Crippen LogP contribution < -0.4 is 10.1 Å². The van der Waals surface area contributed by atoms with Crippen LogP contribution in [0.1, 0.15) is 11.1 Å². The molecule has 0 aliphatic carbocycles. The minimum atomic E-state index is -0.695. The molecule has 0 aromatic heterocycles. The van der Waals surface area contributed by atoms with E-state index in [1.807, 2.05) is 32.0 Å². The maximum absolute atomic E-state index is 9.78. The van der Waals surface area contributed by atoms with Gasteiger partial charge in [0.25, 0.3) is 0 Å². The van der Waals surface area contributed by atoms with Gasteiger partial charge in [-0.1, -0.05) is 18.2 Å². The summed E-state index contributed by atoms with van der Waals surface area (Å²) in [6.45, 7) is 4.02. The maximum Gasteiger partial charge on any atom is 0.125 e. The highest BCUT2D eigenvalue weighted by molar-refractivity contribution is 5.39. The van der Waals surface area contributed by atoms with Crippen LogP contribution in [0.25, 0.3) is 0 Å². The van der Waals surface area contributed by atoms with Crippen LogP contribution in [0.15, 0.2) is 18.2 Å². The van der Waals surface area contributed by atoms with Crippen molar-refractivity contribution < 1.29 is 20.1 Å². The molecule has 1 atom stereocenters. The van der Waals surface area contributed by atoms with Crippen LogP contribution in [0.2, 0.25) is 0 Å². The normalized spacial score (nSPS) is 12.7. The minimum absolute atomic E-state index is 0.166. The SMILES string of the molecule is Cc1cccc(C)c1OCC(O)CNC(CO)CO. The average Bonchev–Trinajstić information content (AvgIpc) is 2.39. The lowest BCUT2D eigenvalue weighted by Crippen LogP contribution is -2.42. The standard InChI is InChI=1S/C14H23NO4/c1-10-4-3-5-11(2)14(10)19-9-13(18)6-15-12(7-16)8-17/h3-5,12-13,15-18H,6-9H2,1-2H3. The van der Waals surface area contributed by atoms with Crippen molar-refractivity contribution in [3.05, 3.63) is 29.3 Å². The first-order valence-corrected chi connectivity index (χ1v) is 6.40. The molecule has 1 aromatic carbocycles. The Bertz CT molecular complexity index is 359. The van der Waals surface area contributed by atoms with E-state index in [2.05, 4.69) is 5.32 Å². The molecular formula is C14H23NO4. The summed E-state index contributed by atoms with van der Waals surface area (Å²) in [6.07, 6.45) is -0.695. The summed E-state index contributed by atoms with van der Waals surface area (Å²) in [4.78, 5) is 0. The highest BCUT2D eigenvalue weighted by atomic mass is 16.5. The predicted molar refractivity (Wildman–Crippen MR) is 73.4 cm³/mol. The molecule has 1 aromatic rings. The lowest BCUT2D eigenvalue weighted by Gasteiger charge is -2.18. The van der Waals surface area contributed by atoms with Crippen molar-refractivity contribution in [2.45, 2.75) is 26.0 Å². The zero-order chi connectivity index (χ0) is 14.3. The van der Waals surface area contributed by atoms with Gasteiger partial charge in [0.2, 0.25) is 0 Å². The second kappa shape index (κ2) is 8.12. The fourth-order valence-electron chi connectivity index (χ4n) is 1.75. The molecule has 108 valence electrons. The van der Waals surface area contributed by atoms with Crippen LogP contribution in [0.4, 0.5) is 0 Å². The first-order valence-electron chi connectivity index (χ1n) is 6.40. The maximum atomic E-state index is 9.78. The van der Waals surface area contributed by atoms with Crippen molar-refractivity contribution >= 4 is 0 Å². The molecule has 0 spiro atoms. The lowest BCUT2D eigenvalue weighted by atomic mass is 10.1. The lowest BCUT2D eigenvalue weighted by molar-refractivity contribution is 0.0924. The Hall–Kier alpha value is -1.14. The average molecular weight is 269 g/mol. The van der Waals surface area contributed by atoms with Crippen LogP contribution in [0.5, 0.6) is 5.75 Å². The van der Waals surface area contributed by atoms with Crippen LogP contribution >= 0.6 is 0 Å². The Morgan fingerprint density at radius 3 is 2.26 bits per heavy atom. The molecule has 0 aliphatic heterocycles. The number of aryl methyl sites for hydroxylation is 2. The van der Waals surface area contributed by atoms with Crippen molar-refractivity contribution in [3.63, 3.8) is 0 Å². The quantitative estimate of drug-likeness (QED) is 0.533. The fourth-order valence-corrected chi connectivity index (χ4v) is 1.75. The molecule has 0 saturated carbocycles. The van der Waals surface area contributed by atoms with Crippen molar-refractivity contribution in [3.8, 4) is 5.75 Å². The molecule has 19 heavy (non-hydrogen) atoms. The smallest absolute Gasteiger partial charge is 0.125 e. The molecule has 0 saturated heterocycles. The summed E-state index contributed by atoms with van der Waals surface area (Å²) in [5.74, 6) is 0.794. The van der Waals surface area contributed by atoms with Crippen LogP contribution in [0, 0.1) is 13.8 Å². The Kier molecular flexibility index (Phi) is 6.80. The number of aliphatic hydroxyl groups is 3. The predicted octanol–water partition coefficient (Wildman–Crippen LogP) is -0.0141. The number of hydrogen-bond acceptors (Lipinski definition) is 5. The van der Waals surface area contributed by atoms with E-state index in [4.69, 9.17) is 14.9 Å². The van der Waals surface area contributed by atoms with E-state index in [1.54, 1.807) is 0 Å².